The monoisotopic (exact) mass is 914 g/mol. The van der Waals surface area contributed by atoms with Gasteiger partial charge in [-0.2, -0.15) is 13.2 Å². The van der Waals surface area contributed by atoms with Crippen LogP contribution in [0.3, 0.4) is 0 Å². The van der Waals surface area contributed by atoms with Crippen molar-refractivity contribution in [1.82, 2.24) is 10.2 Å². The summed E-state index contributed by atoms with van der Waals surface area (Å²) in [6.07, 6.45) is -2.18. The topological polar surface area (TPSA) is 206 Å². The molecule has 0 aliphatic carbocycles. The summed E-state index contributed by atoms with van der Waals surface area (Å²) in [5.74, 6) is -3.45. The average Bonchev–Trinajstić information content (AvgIpc) is 3.53. The van der Waals surface area contributed by atoms with E-state index in [1.165, 1.54) is 30.3 Å². The third-order valence-electron chi connectivity index (χ3n) is 9.87. The summed E-state index contributed by atoms with van der Waals surface area (Å²) in [4.78, 5) is 76.2. The minimum absolute atomic E-state index is 0.0135. The number of fused-ring (bicyclic) bond motifs is 1. The predicted octanol–water partition coefficient (Wildman–Crippen LogP) is 5.31. The van der Waals surface area contributed by atoms with Crippen molar-refractivity contribution in [3.63, 3.8) is 0 Å². The van der Waals surface area contributed by atoms with Crippen LogP contribution in [0, 0.1) is 0 Å². The molecule has 5 amide bonds. The van der Waals surface area contributed by atoms with Gasteiger partial charge in [0.25, 0.3) is 11.8 Å². The zero-order chi connectivity index (χ0) is 46.4. The lowest BCUT2D eigenvalue weighted by Crippen LogP contribution is -2.54. The summed E-state index contributed by atoms with van der Waals surface area (Å²) in [6, 6.07) is 14.5. The molecule has 65 heavy (non-hydrogen) atoms. The minimum Gasteiger partial charge on any atom is -0.460 e. The highest BCUT2D eigenvalue weighted by molar-refractivity contribution is 6.26. The highest BCUT2D eigenvalue weighted by atomic mass is 19.4. The van der Waals surface area contributed by atoms with Gasteiger partial charge in [-0.3, -0.25) is 34.2 Å². The summed E-state index contributed by atoms with van der Waals surface area (Å²) < 4.78 is 77.5. The molecule has 5 rings (SSSR count). The van der Waals surface area contributed by atoms with Crippen molar-refractivity contribution < 1.29 is 75.1 Å². The lowest BCUT2D eigenvalue weighted by Gasteiger charge is -2.27. The van der Waals surface area contributed by atoms with Gasteiger partial charge in [-0.25, -0.2) is 4.79 Å². The first-order valence-electron chi connectivity index (χ1n) is 21.3. The van der Waals surface area contributed by atoms with Gasteiger partial charge in [0.2, 0.25) is 17.7 Å². The number of benzene rings is 3. The molecule has 3 aromatic carbocycles. The number of alkyl halides is 3. The summed E-state index contributed by atoms with van der Waals surface area (Å²) in [6.45, 7) is 4.28. The van der Waals surface area contributed by atoms with Crippen molar-refractivity contribution in [1.29, 1.82) is 0 Å². The van der Waals surface area contributed by atoms with Gasteiger partial charge >= 0.3 is 12.1 Å². The molecule has 0 aromatic heterocycles. The Morgan fingerprint density at radius 2 is 1.25 bits per heavy atom. The number of nitrogens with one attached hydrogen (secondary N) is 3. The molecule has 0 spiro atoms. The molecule has 20 heteroatoms. The molecular weight excluding hydrogens is 862 g/mol. The molecule has 1 atom stereocenters. The summed E-state index contributed by atoms with van der Waals surface area (Å²) in [5.41, 5.74) is 0.172. The maximum Gasteiger partial charge on any atom is 0.416 e. The number of nitrogens with zero attached hydrogens (tertiary/aromatic N) is 1. The smallest absolute Gasteiger partial charge is 0.416 e. The lowest BCUT2D eigenvalue weighted by atomic mass is 10.0. The number of hydrogen-bond acceptors (Lipinski definition) is 14. The van der Waals surface area contributed by atoms with E-state index in [0.717, 1.165) is 29.9 Å². The first kappa shape index (κ1) is 50.2. The van der Waals surface area contributed by atoms with Crippen LogP contribution in [0.25, 0.3) is 0 Å². The molecule has 2 aliphatic rings. The number of para-hydroxylation sites is 1. The van der Waals surface area contributed by atoms with Gasteiger partial charge in [0, 0.05) is 25.1 Å². The van der Waals surface area contributed by atoms with Crippen LogP contribution in [0.5, 0.6) is 0 Å². The number of carbonyl (C=O) groups excluding carboxylic acids is 6. The largest absolute Gasteiger partial charge is 0.460 e. The summed E-state index contributed by atoms with van der Waals surface area (Å²) >= 11 is 0. The fraction of sp³-hybridized carbons (Fsp3) is 0.467. The summed E-state index contributed by atoms with van der Waals surface area (Å²) in [7, 11) is 0. The van der Waals surface area contributed by atoms with Crippen LogP contribution < -0.4 is 16.0 Å². The summed E-state index contributed by atoms with van der Waals surface area (Å²) in [5, 5.41) is 7.73. The molecule has 0 radical (unpaired) electrons. The Labute approximate surface area is 373 Å². The highest BCUT2D eigenvalue weighted by Crippen LogP contribution is 2.33. The number of amides is 5. The molecule has 0 bridgehead atoms. The SMILES string of the molecule is O=C1CCC(N2C(=O)c3cccc(NC(=O)CCCCCOCCOCCOCCOCCOCCOCCOC(=O)c4ccccc4Nc4cccc(C(F)(F)F)c4)c3C2=O)C(=O)N1. The lowest BCUT2D eigenvalue weighted by molar-refractivity contribution is -0.138. The fourth-order valence-electron chi connectivity index (χ4n) is 6.67. The molecule has 352 valence electrons. The van der Waals surface area contributed by atoms with Gasteiger partial charge in [-0.15, -0.1) is 0 Å². The average molecular weight is 915 g/mol. The van der Waals surface area contributed by atoms with Gasteiger partial charge in [0.15, 0.2) is 0 Å². The van der Waals surface area contributed by atoms with Crippen molar-refractivity contribution in [3.05, 3.63) is 89.0 Å². The zero-order valence-corrected chi connectivity index (χ0v) is 35.8. The molecule has 3 N–H and O–H groups in total. The Morgan fingerprint density at radius 3 is 1.88 bits per heavy atom. The second-order valence-electron chi connectivity index (χ2n) is 14.6. The van der Waals surface area contributed by atoms with Crippen molar-refractivity contribution in [2.45, 2.75) is 50.7 Å². The maximum absolute atomic E-state index is 13.2. The molecule has 0 saturated carbocycles. The number of carbonyl (C=O) groups is 6. The van der Waals surface area contributed by atoms with Crippen molar-refractivity contribution in [2.75, 3.05) is 96.5 Å². The standard InChI is InChI=1S/C45H53F3N4O13/c46-45(47,48)31-8-6-9-32(30-31)49-35-12-4-3-10-33(35)44(58)65-29-28-64-27-26-63-25-24-62-23-22-61-21-20-60-19-18-59-17-5-1-2-14-38(53)50-36-13-7-11-34-40(36)43(57)52(42(34)56)37-15-16-39(54)51-41(37)55/h3-4,6-13,30,37,49H,1-2,5,14-29H2,(H,50,53)(H,51,54,55). The number of unbranched alkanes of at least 4 members (excludes halogenated alkanes) is 2. The van der Waals surface area contributed by atoms with Crippen LogP contribution >= 0.6 is 0 Å². The molecule has 1 fully saturated rings. The number of ether oxygens (including phenoxy) is 7. The fourth-order valence-corrected chi connectivity index (χ4v) is 6.67. The Balaban J connectivity index is 0.775. The van der Waals surface area contributed by atoms with Gasteiger partial charge in [0.1, 0.15) is 12.6 Å². The van der Waals surface area contributed by atoms with Gasteiger partial charge in [-0.1, -0.05) is 30.7 Å². The Kier molecular flexibility index (Phi) is 20.3. The Hall–Kier alpha value is -5.77. The Bertz CT molecular complexity index is 2090. The molecule has 1 saturated heterocycles. The zero-order valence-electron chi connectivity index (χ0n) is 35.8. The molecule has 17 nitrogen and oxygen atoms in total. The Morgan fingerprint density at radius 1 is 0.662 bits per heavy atom. The second-order valence-corrected chi connectivity index (χ2v) is 14.6. The number of hydrogen-bond donors (Lipinski definition) is 3. The molecule has 1 unspecified atom stereocenters. The van der Waals surface area contributed by atoms with E-state index in [4.69, 9.17) is 33.2 Å². The normalized spacial score (nSPS) is 14.9. The predicted molar refractivity (Wildman–Crippen MR) is 227 cm³/mol. The van der Waals surface area contributed by atoms with Crippen molar-refractivity contribution in [2.24, 2.45) is 0 Å². The molecule has 3 aromatic rings. The van der Waals surface area contributed by atoms with Crippen LogP contribution in [0.2, 0.25) is 0 Å². The third-order valence-corrected chi connectivity index (χ3v) is 9.87. The van der Waals surface area contributed by atoms with E-state index >= 15 is 0 Å². The van der Waals surface area contributed by atoms with E-state index in [-0.39, 0.29) is 73.1 Å². The van der Waals surface area contributed by atoms with E-state index in [1.54, 1.807) is 24.3 Å². The highest BCUT2D eigenvalue weighted by Gasteiger charge is 2.45. The number of halogens is 3. The number of anilines is 3. The minimum atomic E-state index is -4.49. The number of imide groups is 2. The van der Waals surface area contributed by atoms with E-state index in [0.29, 0.717) is 78.2 Å². The third kappa shape index (κ3) is 16.0. The van der Waals surface area contributed by atoms with Gasteiger partial charge < -0.3 is 43.8 Å². The van der Waals surface area contributed by atoms with E-state index in [9.17, 15) is 41.9 Å². The number of rotatable bonds is 29. The van der Waals surface area contributed by atoms with Crippen LogP contribution in [-0.2, 0) is 53.7 Å². The van der Waals surface area contributed by atoms with Crippen molar-refractivity contribution >= 4 is 52.6 Å². The maximum atomic E-state index is 13.2. The number of piperidine rings is 1. The first-order valence-corrected chi connectivity index (χ1v) is 21.3. The van der Waals surface area contributed by atoms with Crippen LogP contribution in [0.4, 0.5) is 30.2 Å². The second kappa shape index (κ2) is 26.3. The van der Waals surface area contributed by atoms with E-state index in [2.05, 4.69) is 16.0 Å². The van der Waals surface area contributed by atoms with E-state index in [1.807, 2.05) is 0 Å². The number of esters is 1. The molecular formula is C45H53F3N4O13. The van der Waals surface area contributed by atoms with Crippen LogP contribution in [0.15, 0.2) is 66.7 Å². The van der Waals surface area contributed by atoms with Gasteiger partial charge in [-0.05, 0) is 61.7 Å². The first-order chi connectivity index (χ1) is 31.4. The van der Waals surface area contributed by atoms with Crippen LogP contribution in [0.1, 0.15) is 75.2 Å². The quantitative estimate of drug-likeness (QED) is 0.0459. The van der Waals surface area contributed by atoms with Crippen LogP contribution in [-0.4, -0.2) is 132 Å². The van der Waals surface area contributed by atoms with E-state index < -0.39 is 47.4 Å². The molecule has 2 aliphatic heterocycles. The van der Waals surface area contributed by atoms with Gasteiger partial charge in [0.05, 0.1) is 106 Å². The van der Waals surface area contributed by atoms with Crippen molar-refractivity contribution in [3.8, 4) is 0 Å². The molecule has 2 heterocycles.